The average molecular weight is 178 g/mol. The molecule has 1 aromatic rings. The van der Waals surface area contributed by atoms with E-state index in [1.807, 2.05) is 32.9 Å². The van der Waals surface area contributed by atoms with Gasteiger partial charge in [0, 0.05) is 27.0 Å². The first kappa shape index (κ1) is 9.71. The van der Waals surface area contributed by atoms with E-state index in [1.54, 1.807) is 12.3 Å². The van der Waals surface area contributed by atoms with Crippen LogP contribution in [0.15, 0.2) is 24.4 Å². The van der Waals surface area contributed by atoms with Gasteiger partial charge in [-0.05, 0) is 12.1 Å². The fraction of sp³-hybridized carbons (Fsp3) is 0.400. The molecule has 1 aromatic heterocycles. The lowest BCUT2D eigenvalue weighted by molar-refractivity contribution is -0.530. The van der Waals surface area contributed by atoms with E-state index in [0.717, 1.165) is 4.74 Å². The molecule has 0 spiro atoms. The van der Waals surface area contributed by atoms with Gasteiger partial charge in [-0.3, -0.25) is 4.98 Å². The van der Waals surface area contributed by atoms with E-state index in [4.69, 9.17) is 0 Å². The predicted octanol–water partition coefficient (Wildman–Crippen LogP) is 1.81. The highest BCUT2D eigenvalue weighted by molar-refractivity contribution is 5.72. The number of hydrogen-bond donors (Lipinski definition) is 0. The van der Waals surface area contributed by atoms with Gasteiger partial charge in [0.1, 0.15) is 5.69 Å². The third-order valence-electron chi connectivity index (χ3n) is 1.60. The van der Waals surface area contributed by atoms with Crippen LogP contribution >= 0.6 is 0 Å². The summed E-state index contributed by atoms with van der Waals surface area (Å²) in [6.45, 7) is 5.58. The summed E-state index contributed by atoms with van der Waals surface area (Å²) in [4.78, 5) is 4.04. The van der Waals surface area contributed by atoms with E-state index in [0.29, 0.717) is 5.69 Å². The van der Waals surface area contributed by atoms with E-state index < -0.39 is 5.54 Å². The van der Waals surface area contributed by atoms with Gasteiger partial charge in [0.2, 0.25) is 6.21 Å². The van der Waals surface area contributed by atoms with Crippen molar-refractivity contribution >= 4 is 6.21 Å². The lowest BCUT2D eigenvalue weighted by atomic mass is 10.1. The molecule has 0 N–H and O–H groups in total. The van der Waals surface area contributed by atoms with Gasteiger partial charge in [0.05, 0.1) is 0 Å². The Labute approximate surface area is 78.3 Å². The molecule has 0 aliphatic rings. The van der Waals surface area contributed by atoms with Crippen LogP contribution in [0.25, 0.3) is 0 Å². The number of nitrogens with zero attached hydrogens (tertiary/aromatic N) is 2. The lowest BCUT2D eigenvalue weighted by Gasteiger charge is -2.18. The summed E-state index contributed by atoms with van der Waals surface area (Å²) in [7, 11) is 0. The van der Waals surface area contributed by atoms with E-state index in [-0.39, 0.29) is 0 Å². The summed E-state index contributed by atoms with van der Waals surface area (Å²) in [6.07, 6.45) is 3.17. The molecule has 0 unspecified atom stereocenters. The molecule has 0 atom stereocenters. The molecule has 0 amide bonds. The first-order valence-electron chi connectivity index (χ1n) is 4.22. The second kappa shape index (κ2) is 3.56. The Balaban J connectivity index is 2.90. The van der Waals surface area contributed by atoms with Crippen LogP contribution in [0.5, 0.6) is 0 Å². The maximum absolute atomic E-state index is 11.5. The predicted molar refractivity (Wildman–Crippen MR) is 52.8 cm³/mol. The molecule has 0 saturated heterocycles. The molecule has 3 nitrogen and oxygen atoms in total. The Morgan fingerprint density at radius 3 is 2.54 bits per heavy atom. The summed E-state index contributed by atoms with van der Waals surface area (Å²) in [5, 5.41) is 11.5. The maximum atomic E-state index is 11.5. The topological polar surface area (TPSA) is 39.0 Å². The van der Waals surface area contributed by atoms with E-state index in [1.165, 1.54) is 6.21 Å². The Morgan fingerprint density at radius 1 is 1.38 bits per heavy atom. The molecule has 0 bridgehead atoms. The van der Waals surface area contributed by atoms with Crippen LogP contribution in [0.1, 0.15) is 26.5 Å². The largest absolute Gasteiger partial charge is 0.623 e. The van der Waals surface area contributed by atoms with Gasteiger partial charge >= 0.3 is 0 Å². The SMILES string of the molecule is CC(C)(C)/[N+]([O-])=C\c1ccccn1. The number of rotatable bonds is 1. The summed E-state index contributed by atoms with van der Waals surface area (Å²) in [6, 6.07) is 5.48. The minimum absolute atomic E-state index is 0.405. The Hall–Kier alpha value is -1.38. The second-order valence-electron chi connectivity index (χ2n) is 3.88. The van der Waals surface area contributed by atoms with E-state index in [9.17, 15) is 5.21 Å². The van der Waals surface area contributed by atoms with Gasteiger partial charge in [-0.15, -0.1) is 0 Å². The quantitative estimate of drug-likeness (QED) is 0.285. The zero-order valence-electron chi connectivity index (χ0n) is 8.19. The second-order valence-corrected chi connectivity index (χ2v) is 3.88. The monoisotopic (exact) mass is 178 g/mol. The minimum atomic E-state index is -0.405. The van der Waals surface area contributed by atoms with Gasteiger partial charge < -0.3 is 5.21 Å². The van der Waals surface area contributed by atoms with Gasteiger partial charge in [0.25, 0.3) is 0 Å². The molecule has 1 heterocycles. The normalized spacial score (nSPS) is 13.0. The van der Waals surface area contributed by atoms with E-state index in [2.05, 4.69) is 4.98 Å². The first-order valence-corrected chi connectivity index (χ1v) is 4.22. The first-order chi connectivity index (χ1) is 6.00. The molecule has 1 rings (SSSR count). The number of hydrogen-bond acceptors (Lipinski definition) is 2. The van der Waals surface area contributed by atoms with Crippen molar-refractivity contribution in [2.45, 2.75) is 26.3 Å². The van der Waals surface area contributed by atoms with Crippen molar-refractivity contribution in [2.75, 3.05) is 0 Å². The van der Waals surface area contributed by atoms with Crippen LogP contribution in [0, 0.1) is 5.21 Å². The van der Waals surface area contributed by atoms with Crippen molar-refractivity contribution in [3.05, 3.63) is 35.3 Å². The van der Waals surface area contributed by atoms with Crippen LogP contribution < -0.4 is 0 Å². The highest BCUT2D eigenvalue weighted by Gasteiger charge is 2.17. The molecule has 3 heteroatoms. The molecule has 70 valence electrons. The molecule has 0 radical (unpaired) electrons. The fourth-order valence-corrected chi connectivity index (χ4v) is 0.766. The third-order valence-corrected chi connectivity index (χ3v) is 1.60. The van der Waals surface area contributed by atoms with E-state index >= 15 is 0 Å². The third kappa shape index (κ3) is 2.86. The van der Waals surface area contributed by atoms with Gasteiger partial charge in [-0.25, -0.2) is 4.74 Å². The summed E-state index contributed by atoms with van der Waals surface area (Å²) < 4.78 is 0.912. The lowest BCUT2D eigenvalue weighted by Crippen LogP contribution is -2.29. The summed E-state index contributed by atoms with van der Waals surface area (Å²) in [5.74, 6) is 0. The fourth-order valence-electron chi connectivity index (χ4n) is 0.766. The molecule has 0 aliphatic heterocycles. The number of hydroxylamine groups is 1. The van der Waals surface area contributed by atoms with Crippen LogP contribution in [0.2, 0.25) is 0 Å². The highest BCUT2D eigenvalue weighted by atomic mass is 16.5. The van der Waals surface area contributed by atoms with Crippen LogP contribution in [0.4, 0.5) is 0 Å². The molecular formula is C10H14N2O. The van der Waals surface area contributed by atoms with Gasteiger partial charge in [-0.2, -0.15) is 0 Å². The van der Waals surface area contributed by atoms with Crippen LogP contribution in [0.3, 0.4) is 0 Å². The maximum Gasteiger partial charge on any atom is 0.200 e. The Morgan fingerprint density at radius 2 is 2.08 bits per heavy atom. The minimum Gasteiger partial charge on any atom is -0.623 e. The van der Waals surface area contributed by atoms with Gasteiger partial charge in [-0.1, -0.05) is 6.07 Å². The van der Waals surface area contributed by atoms with Crippen molar-refractivity contribution in [3.63, 3.8) is 0 Å². The molecule has 13 heavy (non-hydrogen) atoms. The molecular weight excluding hydrogens is 164 g/mol. The van der Waals surface area contributed by atoms with Crippen molar-refractivity contribution in [3.8, 4) is 0 Å². The van der Waals surface area contributed by atoms with Crippen molar-refractivity contribution in [1.82, 2.24) is 4.98 Å². The number of pyridine rings is 1. The van der Waals surface area contributed by atoms with Crippen molar-refractivity contribution in [1.29, 1.82) is 0 Å². The van der Waals surface area contributed by atoms with Gasteiger partial charge in [0.15, 0.2) is 5.54 Å². The van der Waals surface area contributed by atoms with Crippen molar-refractivity contribution in [2.24, 2.45) is 0 Å². The zero-order chi connectivity index (χ0) is 9.90. The standard InChI is InChI=1S/C10H14N2O/c1-10(2,3)12(13)8-9-6-4-5-7-11-9/h4-8H,1-3H3/b12-8+. The summed E-state index contributed by atoms with van der Waals surface area (Å²) >= 11 is 0. The smallest absolute Gasteiger partial charge is 0.200 e. The molecule has 0 saturated carbocycles. The summed E-state index contributed by atoms with van der Waals surface area (Å²) in [5.41, 5.74) is 0.282. The number of aromatic nitrogens is 1. The highest BCUT2D eigenvalue weighted by Crippen LogP contribution is 2.05. The molecule has 0 fully saturated rings. The average Bonchev–Trinajstić information content (AvgIpc) is 2.04. The Bertz CT molecular complexity index is 298. The zero-order valence-corrected chi connectivity index (χ0v) is 8.19. The molecule has 0 aromatic carbocycles. The Kier molecular flexibility index (Phi) is 2.66. The van der Waals surface area contributed by atoms with Crippen LogP contribution in [-0.2, 0) is 0 Å². The van der Waals surface area contributed by atoms with Crippen LogP contribution in [-0.4, -0.2) is 21.5 Å². The molecule has 0 aliphatic carbocycles. The van der Waals surface area contributed by atoms with Crippen molar-refractivity contribution < 1.29 is 4.74 Å².